The van der Waals surface area contributed by atoms with E-state index in [4.69, 9.17) is 84.9 Å². The smallest absolute Gasteiger partial charge is 0.308 e. The van der Waals surface area contributed by atoms with Gasteiger partial charge in [0.25, 0.3) is 0 Å². The van der Waals surface area contributed by atoms with E-state index in [0.29, 0.717) is 0 Å². The highest BCUT2D eigenvalue weighted by Crippen LogP contribution is 2.41. The van der Waals surface area contributed by atoms with Gasteiger partial charge in [0.1, 0.15) is 40.4 Å². The van der Waals surface area contributed by atoms with Gasteiger partial charge in [-0.2, -0.15) is 0 Å². The molecule has 1 aromatic heterocycles. The highest BCUT2D eigenvalue weighted by molar-refractivity contribution is 5.90. The molecule has 2 aromatic carbocycles. The van der Waals surface area contributed by atoms with Gasteiger partial charge in [0.15, 0.2) is 61.1 Å². The molecule has 0 bridgehead atoms. The van der Waals surface area contributed by atoms with E-state index in [9.17, 15) is 47.9 Å². The lowest BCUT2D eigenvalue weighted by Gasteiger charge is -2.48. The van der Waals surface area contributed by atoms with Crippen LogP contribution in [0.25, 0.3) is 22.3 Å². The second kappa shape index (κ2) is 27.7. The van der Waals surface area contributed by atoms with Crippen molar-refractivity contribution in [3.05, 3.63) is 46.6 Å². The van der Waals surface area contributed by atoms with E-state index in [0.717, 1.165) is 62.3 Å². The van der Waals surface area contributed by atoms with E-state index >= 15 is 4.79 Å². The van der Waals surface area contributed by atoms with E-state index < -0.39 is 170 Å². The topological polar surface area (TPSA) is 358 Å². The molecule has 0 aliphatic carbocycles. The molecule has 6 rings (SSSR count). The normalized spacial score (nSPS) is 27.5. The standard InChI is InChI=1S/C54H62O29/c1-21-42(73-26(6)58)47(83-53-50(78-31(11)63)46(75-28(8)60)41(22(2)69-53)72-25(5)57)49(77-30(10)62)52(68-21)67-20-38-44(74-27(7)59)48(76-29(9)61)51(79-32(12)64)54(81-38)82-45-40(65)39-36(71-24(4)56)18-35(66-13)19-37(39)80-43(45)33-14-16-34(17-15-33)70-23(3)55/h14-19,21-22,38,41-42,44,46-54H,20H2,1-13H3/t21-,22-,38+,41-,42-,44-,46+,47+,48-,49+,50+,51+,52+,53-,54-/m0/s1. The minimum Gasteiger partial charge on any atom is -0.496 e. The molecule has 0 unspecified atom stereocenters. The van der Waals surface area contributed by atoms with Crippen molar-refractivity contribution in [2.24, 2.45) is 0 Å². The van der Waals surface area contributed by atoms with Crippen LogP contribution in [-0.2, 0) is 110 Å². The molecule has 4 heterocycles. The van der Waals surface area contributed by atoms with Crippen LogP contribution >= 0.6 is 0 Å². The zero-order valence-corrected chi connectivity index (χ0v) is 47.2. The largest absolute Gasteiger partial charge is 0.496 e. The third kappa shape index (κ3) is 16.3. The van der Waals surface area contributed by atoms with Gasteiger partial charge in [-0.25, -0.2) is 0 Å². The van der Waals surface area contributed by atoms with Crippen LogP contribution < -0.4 is 24.4 Å². The van der Waals surface area contributed by atoms with E-state index in [2.05, 4.69) is 0 Å². The van der Waals surface area contributed by atoms with Crippen molar-refractivity contribution in [1.82, 2.24) is 0 Å². The Balaban J connectivity index is 1.48. The number of rotatable bonds is 19. The molecule has 3 aromatic rings. The first-order valence-corrected chi connectivity index (χ1v) is 25.5. The molecular weight excluding hydrogens is 1110 g/mol. The molecule has 0 radical (unpaired) electrons. The highest BCUT2D eigenvalue weighted by Gasteiger charge is 2.58. The summed E-state index contributed by atoms with van der Waals surface area (Å²) in [5, 5.41) is -0.382. The van der Waals surface area contributed by atoms with E-state index in [1.165, 1.54) is 64.3 Å². The lowest BCUT2D eigenvalue weighted by Crippen LogP contribution is -2.66. The Bertz CT molecular complexity index is 3000. The molecule has 0 saturated carbocycles. The van der Waals surface area contributed by atoms with Gasteiger partial charge in [-0.15, -0.1) is 0 Å². The van der Waals surface area contributed by atoms with Gasteiger partial charge in [-0.1, -0.05) is 0 Å². The molecule has 3 aliphatic rings. The Morgan fingerprint density at radius 1 is 0.458 bits per heavy atom. The number of fused-ring (bicyclic) bond motifs is 1. The number of hydrogen-bond acceptors (Lipinski definition) is 29. The molecule has 0 amide bonds. The molecule has 452 valence electrons. The van der Waals surface area contributed by atoms with Gasteiger partial charge < -0.3 is 84.9 Å². The summed E-state index contributed by atoms with van der Waals surface area (Å²) >= 11 is 0. The number of hydrogen-bond donors (Lipinski definition) is 0. The third-order valence-electron chi connectivity index (χ3n) is 12.2. The van der Waals surface area contributed by atoms with E-state index in [1.807, 2.05) is 0 Å². The molecule has 29 nitrogen and oxygen atoms in total. The minimum absolute atomic E-state index is 0.0771. The van der Waals surface area contributed by atoms with Crippen molar-refractivity contribution in [3.63, 3.8) is 0 Å². The Morgan fingerprint density at radius 3 is 1.39 bits per heavy atom. The fraction of sp³-hybridized carbons (Fsp3) is 0.537. The van der Waals surface area contributed by atoms with Crippen LogP contribution in [0.2, 0.25) is 0 Å². The summed E-state index contributed by atoms with van der Waals surface area (Å²) < 4.78 is 105. The van der Waals surface area contributed by atoms with Gasteiger partial charge in [0.05, 0.1) is 25.9 Å². The maximum atomic E-state index is 15.1. The lowest BCUT2D eigenvalue weighted by atomic mass is 9.96. The summed E-state index contributed by atoms with van der Waals surface area (Å²) in [6, 6.07) is 8.00. The predicted molar refractivity (Wildman–Crippen MR) is 270 cm³/mol. The Labute approximate surface area is 472 Å². The summed E-state index contributed by atoms with van der Waals surface area (Å²) in [5.74, 6) is -10.4. The zero-order valence-electron chi connectivity index (χ0n) is 47.2. The average Bonchev–Trinajstić information content (AvgIpc) is 3.52. The molecule has 3 saturated heterocycles. The zero-order chi connectivity index (χ0) is 61.3. The van der Waals surface area contributed by atoms with Crippen molar-refractivity contribution >= 4 is 70.7 Å². The Morgan fingerprint density at radius 2 is 0.892 bits per heavy atom. The van der Waals surface area contributed by atoms with Crippen molar-refractivity contribution < 1.29 is 133 Å². The first kappa shape index (κ1) is 63.9. The Hall–Kier alpha value is -8.25. The molecule has 3 aliphatic heterocycles. The predicted octanol–water partition coefficient (Wildman–Crippen LogP) is 2.77. The molecule has 29 heteroatoms. The fourth-order valence-corrected chi connectivity index (χ4v) is 9.29. The molecule has 15 atom stereocenters. The van der Waals surface area contributed by atoms with Crippen molar-refractivity contribution in [2.75, 3.05) is 13.7 Å². The first-order chi connectivity index (χ1) is 39.0. The van der Waals surface area contributed by atoms with E-state index in [1.54, 1.807) is 0 Å². The van der Waals surface area contributed by atoms with Crippen LogP contribution in [0.1, 0.15) is 83.1 Å². The third-order valence-corrected chi connectivity index (χ3v) is 12.2. The van der Waals surface area contributed by atoms with Crippen LogP contribution in [0.4, 0.5) is 0 Å². The first-order valence-electron chi connectivity index (χ1n) is 25.5. The van der Waals surface area contributed by atoms with Gasteiger partial charge in [0.2, 0.25) is 23.6 Å². The van der Waals surface area contributed by atoms with Crippen LogP contribution in [0.5, 0.6) is 23.0 Å². The molecule has 0 spiro atoms. The quantitative estimate of drug-likeness (QED) is 0.0946. The monoisotopic (exact) mass is 1170 g/mol. The average molecular weight is 1180 g/mol. The second-order valence-electron chi connectivity index (χ2n) is 18.9. The highest BCUT2D eigenvalue weighted by atomic mass is 16.8. The van der Waals surface area contributed by atoms with Gasteiger partial charge in [-0.3, -0.25) is 52.7 Å². The number of methoxy groups -OCH3 is 1. The van der Waals surface area contributed by atoms with Crippen molar-refractivity contribution in [3.8, 4) is 34.3 Å². The van der Waals surface area contributed by atoms with E-state index in [-0.39, 0.29) is 39.5 Å². The summed E-state index contributed by atoms with van der Waals surface area (Å²) in [6.45, 7) is 12.3. The maximum Gasteiger partial charge on any atom is 0.308 e. The molecule has 3 fully saturated rings. The van der Waals surface area contributed by atoms with Crippen molar-refractivity contribution in [1.29, 1.82) is 0 Å². The lowest BCUT2D eigenvalue weighted by molar-refractivity contribution is -0.360. The maximum absolute atomic E-state index is 15.1. The number of ether oxygens (including phenoxy) is 17. The minimum atomic E-state index is -2.09. The summed E-state index contributed by atoms with van der Waals surface area (Å²) in [5.41, 5.74) is -1.16. The number of carbonyl (C=O) groups is 10. The van der Waals surface area contributed by atoms with Crippen LogP contribution in [-0.4, -0.2) is 166 Å². The number of benzene rings is 2. The summed E-state index contributed by atoms with van der Waals surface area (Å²) in [7, 11) is 1.30. The summed E-state index contributed by atoms with van der Waals surface area (Å²) in [4.78, 5) is 142. The van der Waals surface area contributed by atoms with Crippen LogP contribution in [0.3, 0.4) is 0 Å². The van der Waals surface area contributed by atoms with Crippen LogP contribution in [0.15, 0.2) is 45.6 Å². The van der Waals surface area contributed by atoms with Crippen LogP contribution in [0, 0.1) is 0 Å². The summed E-state index contributed by atoms with van der Waals surface area (Å²) in [6.07, 6.45) is -25.3. The fourth-order valence-electron chi connectivity index (χ4n) is 9.29. The molecule has 0 N–H and O–H groups in total. The SMILES string of the molecule is COc1cc(OC(C)=O)c2c(=O)c(O[C@@H]3O[C@H](CO[C@@H]4O[C@@H](C)[C@H](OC(C)=O)[C@@H](O[C@@H]5O[C@@H](C)[C@H](OC(C)=O)[C@@H](OC(C)=O)[C@H]5OC(C)=O)[C@H]4OC(C)=O)[C@H](OC(C)=O)[C@H](OC(C)=O)[C@H]3OC(C)=O)c(-c3ccc(OC(C)=O)cc3)oc2c1. The molecule has 83 heavy (non-hydrogen) atoms. The number of carbonyl (C=O) groups excluding carboxylic acids is 10. The Kier molecular flexibility index (Phi) is 21.3. The van der Waals surface area contributed by atoms with Gasteiger partial charge >= 0.3 is 59.7 Å². The van der Waals surface area contributed by atoms with Gasteiger partial charge in [-0.05, 0) is 38.1 Å². The molecular formula is C54H62O29. The van der Waals surface area contributed by atoms with Gasteiger partial charge in [0, 0.05) is 86.9 Å². The van der Waals surface area contributed by atoms with Crippen molar-refractivity contribution in [2.45, 2.75) is 175 Å². The second-order valence-corrected chi connectivity index (χ2v) is 18.9. The number of esters is 10.